The average Bonchev–Trinajstić information content (AvgIpc) is 3.69. The number of halogens is 1. The van der Waals surface area contributed by atoms with E-state index >= 15 is 0 Å². The fourth-order valence-electron chi connectivity index (χ4n) is 5.25. The lowest BCUT2D eigenvalue weighted by Crippen LogP contribution is -2.61. The van der Waals surface area contributed by atoms with Gasteiger partial charge in [-0.1, -0.05) is 17.7 Å². The lowest BCUT2D eigenvalue weighted by Gasteiger charge is -2.37. The molecule has 0 spiro atoms. The molecule has 9 nitrogen and oxygen atoms in total. The van der Waals surface area contributed by atoms with E-state index in [-0.39, 0.29) is 42.5 Å². The molecule has 1 atom stereocenters. The van der Waals surface area contributed by atoms with Crippen LogP contribution in [-0.2, 0) is 11.3 Å². The van der Waals surface area contributed by atoms with Gasteiger partial charge in [-0.25, -0.2) is 0 Å². The molecule has 1 aliphatic heterocycles. The van der Waals surface area contributed by atoms with Crippen molar-refractivity contribution in [3.63, 3.8) is 0 Å². The van der Waals surface area contributed by atoms with Gasteiger partial charge in [-0.3, -0.25) is 14.4 Å². The average molecular weight is 566 g/mol. The highest BCUT2D eigenvalue weighted by Crippen LogP contribution is 2.41. The van der Waals surface area contributed by atoms with Gasteiger partial charge in [-0.05, 0) is 75.3 Å². The summed E-state index contributed by atoms with van der Waals surface area (Å²) in [5.41, 5.74) is 0.202. The van der Waals surface area contributed by atoms with Crippen molar-refractivity contribution in [2.75, 3.05) is 20.3 Å². The number of nitrogens with one attached hydrogen (secondary N) is 2. The molecule has 3 aromatic rings. The lowest BCUT2D eigenvalue weighted by atomic mass is 9.93. The summed E-state index contributed by atoms with van der Waals surface area (Å²) in [4.78, 5) is 42.0. The smallest absolute Gasteiger partial charge is 0.294 e. The first-order chi connectivity index (χ1) is 19.3. The maximum absolute atomic E-state index is 14.0. The monoisotopic (exact) mass is 565 g/mol. The van der Waals surface area contributed by atoms with E-state index in [0.717, 1.165) is 32.1 Å². The highest BCUT2D eigenvalue weighted by atomic mass is 35.5. The molecule has 2 aliphatic carbocycles. The Morgan fingerprint density at radius 2 is 1.98 bits per heavy atom. The van der Waals surface area contributed by atoms with Crippen LogP contribution in [0.1, 0.15) is 65.5 Å². The molecule has 210 valence electrons. The van der Waals surface area contributed by atoms with Crippen LogP contribution in [0.15, 0.2) is 40.8 Å². The molecule has 6 rings (SSSR count). The third-order valence-electron chi connectivity index (χ3n) is 8.23. The van der Waals surface area contributed by atoms with Gasteiger partial charge in [-0.15, -0.1) is 0 Å². The SMILES string of the molecule is COc1cccc(Cl)c1CNC(=O)C1(C)COc2c(oc3cc(C(=O)NC4CCC4)ccc23)C(=O)N1CC1CC1. The van der Waals surface area contributed by atoms with E-state index in [1.807, 2.05) is 0 Å². The minimum atomic E-state index is -1.30. The molecular weight excluding hydrogens is 534 g/mol. The second kappa shape index (κ2) is 10.4. The normalized spacial score (nSPS) is 20.8. The van der Waals surface area contributed by atoms with Crippen LogP contribution in [-0.4, -0.2) is 54.5 Å². The van der Waals surface area contributed by atoms with Crippen LogP contribution in [0.5, 0.6) is 11.5 Å². The van der Waals surface area contributed by atoms with Crippen LogP contribution in [0.3, 0.4) is 0 Å². The van der Waals surface area contributed by atoms with E-state index in [0.29, 0.717) is 45.3 Å². The van der Waals surface area contributed by atoms with Crippen molar-refractivity contribution < 1.29 is 28.3 Å². The highest BCUT2D eigenvalue weighted by Gasteiger charge is 2.49. The maximum atomic E-state index is 14.0. The summed E-state index contributed by atoms with van der Waals surface area (Å²) >= 11 is 6.38. The van der Waals surface area contributed by atoms with Crippen molar-refractivity contribution in [2.45, 2.75) is 57.2 Å². The molecule has 2 heterocycles. The molecule has 0 radical (unpaired) electrons. The summed E-state index contributed by atoms with van der Waals surface area (Å²) in [6.45, 7) is 2.18. The number of hydrogen-bond donors (Lipinski definition) is 2. The van der Waals surface area contributed by atoms with E-state index in [2.05, 4.69) is 10.6 Å². The number of ether oxygens (including phenoxy) is 2. The number of carbonyl (C=O) groups excluding carboxylic acids is 3. The largest absolute Gasteiger partial charge is 0.496 e. The van der Waals surface area contributed by atoms with E-state index in [1.54, 1.807) is 55.3 Å². The number of fused-ring (bicyclic) bond motifs is 3. The number of furan rings is 1. The molecule has 1 unspecified atom stereocenters. The van der Waals surface area contributed by atoms with E-state index in [9.17, 15) is 14.4 Å². The van der Waals surface area contributed by atoms with Gasteiger partial charge in [0.1, 0.15) is 17.9 Å². The van der Waals surface area contributed by atoms with Crippen molar-refractivity contribution in [1.82, 2.24) is 15.5 Å². The van der Waals surface area contributed by atoms with Crippen LogP contribution >= 0.6 is 11.6 Å². The Bertz CT molecular complexity index is 1490. The zero-order chi connectivity index (χ0) is 28.0. The summed E-state index contributed by atoms with van der Waals surface area (Å²) in [6, 6.07) is 10.6. The van der Waals surface area contributed by atoms with Gasteiger partial charge < -0.3 is 29.4 Å². The number of benzene rings is 2. The van der Waals surface area contributed by atoms with Crippen LogP contribution in [0.25, 0.3) is 11.0 Å². The number of rotatable bonds is 8. The van der Waals surface area contributed by atoms with Gasteiger partial charge in [0.15, 0.2) is 11.3 Å². The quantitative estimate of drug-likeness (QED) is 0.410. The zero-order valence-corrected chi connectivity index (χ0v) is 23.3. The Labute approximate surface area is 237 Å². The van der Waals surface area contributed by atoms with Gasteiger partial charge in [0, 0.05) is 35.3 Å². The fraction of sp³-hybridized carbons (Fsp3) is 0.433. The molecule has 0 saturated heterocycles. The fourth-order valence-corrected chi connectivity index (χ4v) is 5.48. The molecule has 0 bridgehead atoms. The predicted octanol–water partition coefficient (Wildman–Crippen LogP) is 4.70. The summed E-state index contributed by atoms with van der Waals surface area (Å²) < 4.78 is 17.6. The van der Waals surface area contributed by atoms with Crippen molar-refractivity contribution in [3.8, 4) is 11.5 Å². The molecule has 1 aromatic heterocycles. The van der Waals surface area contributed by atoms with Gasteiger partial charge in [0.2, 0.25) is 11.7 Å². The predicted molar refractivity (Wildman–Crippen MR) is 149 cm³/mol. The molecule has 3 amide bonds. The highest BCUT2D eigenvalue weighted by molar-refractivity contribution is 6.31. The second-order valence-electron chi connectivity index (χ2n) is 11.1. The molecule has 2 saturated carbocycles. The number of methoxy groups -OCH3 is 1. The standard InChI is InChI=1S/C30H32ClN3O6/c1-30(29(37)32-14-21-22(31)7-4-8-23(21)38-2)16-39-25-20-12-11-18(27(35)33-19-5-3-6-19)13-24(20)40-26(25)28(36)34(30)15-17-9-10-17/h4,7-8,11-13,17,19H,3,5-6,9-10,14-16H2,1-2H3,(H,32,37)(H,33,35). The summed E-state index contributed by atoms with van der Waals surface area (Å²) in [5, 5.41) is 7.02. The first-order valence-corrected chi connectivity index (χ1v) is 14.1. The van der Waals surface area contributed by atoms with E-state index in [1.165, 1.54) is 0 Å². The Morgan fingerprint density at radius 3 is 2.67 bits per heavy atom. The molecule has 2 N–H and O–H groups in total. The molecule has 2 fully saturated rings. The topological polar surface area (TPSA) is 110 Å². The van der Waals surface area contributed by atoms with Crippen LogP contribution in [0.2, 0.25) is 5.02 Å². The Kier molecular flexibility index (Phi) is 6.86. The Morgan fingerprint density at radius 1 is 1.18 bits per heavy atom. The van der Waals surface area contributed by atoms with Crippen LogP contribution in [0.4, 0.5) is 0 Å². The van der Waals surface area contributed by atoms with Crippen LogP contribution < -0.4 is 20.1 Å². The first kappa shape index (κ1) is 26.5. The Balaban J connectivity index is 1.28. The van der Waals surface area contributed by atoms with Gasteiger partial charge in [-0.2, -0.15) is 0 Å². The molecular formula is C30H32ClN3O6. The van der Waals surface area contributed by atoms with Gasteiger partial charge >= 0.3 is 0 Å². The number of amides is 3. The molecule has 40 heavy (non-hydrogen) atoms. The Hall–Kier alpha value is -3.72. The van der Waals surface area contributed by atoms with Crippen LogP contribution in [0, 0.1) is 5.92 Å². The van der Waals surface area contributed by atoms with E-state index < -0.39 is 11.4 Å². The minimum Gasteiger partial charge on any atom is -0.496 e. The molecule has 2 aromatic carbocycles. The molecule has 10 heteroatoms. The number of carbonyl (C=O) groups is 3. The summed E-state index contributed by atoms with van der Waals surface area (Å²) in [5.74, 6) is 0.254. The van der Waals surface area contributed by atoms with Gasteiger partial charge in [0.25, 0.3) is 11.8 Å². The summed E-state index contributed by atoms with van der Waals surface area (Å²) in [6.07, 6.45) is 5.08. The van der Waals surface area contributed by atoms with Crippen molar-refractivity contribution >= 4 is 40.3 Å². The third-order valence-corrected chi connectivity index (χ3v) is 8.58. The first-order valence-electron chi connectivity index (χ1n) is 13.7. The lowest BCUT2D eigenvalue weighted by molar-refractivity contribution is -0.133. The third kappa shape index (κ3) is 4.76. The van der Waals surface area contributed by atoms with Crippen molar-refractivity contribution in [3.05, 3.63) is 58.3 Å². The molecule has 3 aliphatic rings. The zero-order valence-electron chi connectivity index (χ0n) is 22.6. The second-order valence-corrected chi connectivity index (χ2v) is 11.5. The van der Waals surface area contributed by atoms with Crippen molar-refractivity contribution in [1.29, 1.82) is 0 Å². The van der Waals surface area contributed by atoms with Crippen molar-refractivity contribution in [2.24, 2.45) is 5.92 Å². The maximum Gasteiger partial charge on any atom is 0.294 e. The van der Waals surface area contributed by atoms with E-state index in [4.69, 9.17) is 25.5 Å². The number of hydrogen-bond acceptors (Lipinski definition) is 6. The number of nitrogens with zero attached hydrogens (tertiary/aromatic N) is 1. The minimum absolute atomic E-state index is 0.0384. The van der Waals surface area contributed by atoms with Gasteiger partial charge in [0.05, 0.1) is 12.5 Å². The summed E-state index contributed by atoms with van der Waals surface area (Å²) in [7, 11) is 1.54.